The van der Waals surface area contributed by atoms with Crippen molar-refractivity contribution < 1.29 is 4.21 Å². The predicted molar refractivity (Wildman–Crippen MR) is 71.3 cm³/mol. The minimum atomic E-state index is -0.629. The van der Waals surface area contributed by atoms with Crippen molar-refractivity contribution >= 4 is 10.8 Å². The zero-order valence-electron chi connectivity index (χ0n) is 10.7. The third-order valence-electron chi connectivity index (χ3n) is 3.17. The second kappa shape index (κ2) is 8.20. The zero-order valence-corrected chi connectivity index (χ0v) is 11.5. The van der Waals surface area contributed by atoms with Crippen molar-refractivity contribution in [3.05, 3.63) is 0 Å². The van der Waals surface area contributed by atoms with Gasteiger partial charge in [0.2, 0.25) is 0 Å². The van der Waals surface area contributed by atoms with Crippen LogP contribution in [0.4, 0.5) is 0 Å². The van der Waals surface area contributed by atoms with Gasteiger partial charge in [-0.2, -0.15) is 0 Å². The lowest BCUT2D eigenvalue weighted by Gasteiger charge is -2.32. The smallest absolute Gasteiger partial charge is 0.0244 e. The fourth-order valence-corrected chi connectivity index (χ4v) is 2.81. The number of hydrogen-bond acceptors (Lipinski definition) is 3. The van der Waals surface area contributed by atoms with Gasteiger partial charge in [-0.3, -0.25) is 4.21 Å². The van der Waals surface area contributed by atoms with Crippen LogP contribution in [0, 0.1) is 0 Å². The van der Waals surface area contributed by atoms with E-state index in [0.717, 1.165) is 18.7 Å². The molecule has 1 N–H and O–H groups in total. The largest absolute Gasteiger partial charge is 0.314 e. The van der Waals surface area contributed by atoms with Crippen LogP contribution < -0.4 is 5.32 Å². The maximum Gasteiger partial charge on any atom is 0.0244 e. The highest BCUT2D eigenvalue weighted by molar-refractivity contribution is 7.84. The molecule has 1 rings (SSSR count). The molecular formula is C12H26N2OS. The van der Waals surface area contributed by atoms with Crippen LogP contribution in [0.2, 0.25) is 0 Å². The van der Waals surface area contributed by atoms with Gasteiger partial charge in [-0.05, 0) is 51.9 Å². The van der Waals surface area contributed by atoms with Crippen molar-refractivity contribution in [3.63, 3.8) is 0 Å². The van der Waals surface area contributed by atoms with Crippen molar-refractivity contribution in [2.24, 2.45) is 0 Å². The molecule has 1 aliphatic rings. The molecule has 1 saturated heterocycles. The second-order valence-electron chi connectivity index (χ2n) is 4.70. The maximum absolute atomic E-state index is 10.9. The Morgan fingerprint density at radius 2 is 2.06 bits per heavy atom. The van der Waals surface area contributed by atoms with Crippen molar-refractivity contribution in [3.8, 4) is 0 Å². The van der Waals surface area contributed by atoms with Crippen LogP contribution in [0.1, 0.15) is 32.6 Å². The average molecular weight is 246 g/mol. The molecule has 1 atom stereocenters. The van der Waals surface area contributed by atoms with Gasteiger partial charge in [0.25, 0.3) is 0 Å². The van der Waals surface area contributed by atoms with Gasteiger partial charge in [-0.25, -0.2) is 0 Å². The van der Waals surface area contributed by atoms with Crippen LogP contribution in [-0.4, -0.2) is 53.3 Å². The number of piperidine rings is 1. The molecule has 1 unspecified atom stereocenters. The third kappa shape index (κ3) is 5.97. The van der Waals surface area contributed by atoms with Gasteiger partial charge in [-0.15, -0.1) is 0 Å². The molecular weight excluding hydrogens is 220 g/mol. The molecule has 3 nitrogen and oxygen atoms in total. The lowest BCUT2D eigenvalue weighted by molar-refractivity contribution is 0.198. The van der Waals surface area contributed by atoms with E-state index in [2.05, 4.69) is 17.1 Å². The summed E-state index contributed by atoms with van der Waals surface area (Å²) in [4.78, 5) is 2.55. The third-order valence-corrected chi connectivity index (χ3v) is 4.03. The van der Waals surface area contributed by atoms with Gasteiger partial charge in [0.1, 0.15) is 0 Å². The van der Waals surface area contributed by atoms with E-state index < -0.39 is 10.8 Å². The van der Waals surface area contributed by atoms with E-state index in [9.17, 15) is 4.21 Å². The average Bonchev–Trinajstić information content (AvgIpc) is 2.27. The van der Waals surface area contributed by atoms with Crippen LogP contribution in [0.15, 0.2) is 0 Å². The van der Waals surface area contributed by atoms with Gasteiger partial charge in [0.15, 0.2) is 0 Å². The molecule has 0 spiro atoms. The lowest BCUT2D eigenvalue weighted by atomic mass is 10.0. The fourth-order valence-electron chi connectivity index (χ4n) is 2.26. The van der Waals surface area contributed by atoms with E-state index in [1.54, 1.807) is 6.26 Å². The highest BCUT2D eigenvalue weighted by Gasteiger charge is 2.17. The van der Waals surface area contributed by atoms with E-state index in [4.69, 9.17) is 0 Å². The van der Waals surface area contributed by atoms with E-state index in [1.165, 1.54) is 38.9 Å². The first-order valence-corrected chi connectivity index (χ1v) is 8.21. The molecule has 0 radical (unpaired) electrons. The van der Waals surface area contributed by atoms with E-state index in [0.29, 0.717) is 6.04 Å². The number of nitrogens with one attached hydrogen (secondary N) is 1. The topological polar surface area (TPSA) is 32.3 Å². The number of hydrogen-bond donors (Lipinski definition) is 1. The maximum atomic E-state index is 10.9. The quantitative estimate of drug-likeness (QED) is 0.686. The highest BCUT2D eigenvalue weighted by Crippen LogP contribution is 2.10. The fraction of sp³-hybridized carbons (Fsp3) is 1.00. The molecule has 1 heterocycles. The minimum absolute atomic E-state index is 0.629. The summed E-state index contributed by atoms with van der Waals surface area (Å²) >= 11 is 0. The Labute approximate surface area is 102 Å². The summed E-state index contributed by atoms with van der Waals surface area (Å²) in [5.74, 6) is 0.835. The van der Waals surface area contributed by atoms with Crippen LogP contribution in [0.25, 0.3) is 0 Å². The standard InChI is InChI=1S/C12H26N2OS/c1-3-8-14-9-5-12(6-10-14)13-7-4-11-16(2)15/h12-13H,3-11H2,1-2H3. The Bertz CT molecular complexity index is 203. The van der Waals surface area contributed by atoms with Crippen LogP contribution in [-0.2, 0) is 10.8 Å². The minimum Gasteiger partial charge on any atom is -0.314 e. The van der Waals surface area contributed by atoms with Crippen molar-refractivity contribution in [2.45, 2.75) is 38.6 Å². The monoisotopic (exact) mass is 246 g/mol. The molecule has 0 aromatic rings. The molecule has 0 saturated carbocycles. The Kier molecular flexibility index (Phi) is 7.25. The molecule has 96 valence electrons. The van der Waals surface area contributed by atoms with Gasteiger partial charge < -0.3 is 10.2 Å². The summed E-state index contributed by atoms with van der Waals surface area (Å²) in [7, 11) is -0.629. The van der Waals surface area contributed by atoms with Crippen molar-refractivity contribution in [2.75, 3.05) is 38.2 Å². The van der Waals surface area contributed by atoms with E-state index >= 15 is 0 Å². The molecule has 4 heteroatoms. The number of nitrogens with zero attached hydrogens (tertiary/aromatic N) is 1. The van der Waals surface area contributed by atoms with Gasteiger partial charge in [0.05, 0.1) is 0 Å². The lowest BCUT2D eigenvalue weighted by Crippen LogP contribution is -2.43. The summed E-state index contributed by atoms with van der Waals surface area (Å²) < 4.78 is 10.9. The molecule has 0 aromatic heterocycles. The van der Waals surface area contributed by atoms with E-state index in [1.807, 2.05) is 0 Å². The van der Waals surface area contributed by atoms with Crippen molar-refractivity contribution in [1.82, 2.24) is 10.2 Å². The molecule has 1 aliphatic heterocycles. The summed E-state index contributed by atoms with van der Waals surface area (Å²) in [5.41, 5.74) is 0. The Hall–Kier alpha value is 0.0700. The number of likely N-dealkylation sites (tertiary alicyclic amines) is 1. The normalized spacial score (nSPS) is 21.1. The molecule has 1 fully saturated rings. The number of rotatable bonds is 7. The summed E-state index contributed by atoms with van der Waals surface area (Å²) in [5, 5.41) is 3.58. The van der Waals surface area contributed by atoms with Gasteiger partial charge in [0, 0.05) is 28.9 Å². The first-order valence-electron chi connectivity index (χ1n) is 6.48. The molecule has 0 amide bonds. The summed E-state index contributed by atoms with van der Waals surface area (Å²) in [6.07, 6.45) is 6.63. The molecule has 0 aromatic carbocycles. The van der Waals surface area contributed by atoms with Crippen LogP contribution in [0.5, 0.6) is 0 Å². The summed E-state index contributed by atoms with van der Waals surface area (Å²) in [6.45, 7) is 7.01. The molecule has 0 aliphatic carbocycles. The van der Waals surface area contributed by atoms with E-state index in [-0.39, 0.29) is 0 Å². The van der Waals surface area contributed by atoms with Gasteiger partial charge >= 0.3 is 0 Å². The first-order chi connectivity index (χ1) is 7.72. The highest BCUT2D eigenvalue weighted by atomic mass is 32.2. The molecule has 0 bridgehead atoms. The SMILES string of the molecule is CCCN1CCC(NCCCS(C)=O)CC1. The molecule has 16 heavy (non-hydrogen) atoms. The Morgan fingerprint density at radius 3 is 2.62 bits per heavy atom. The first kappa shape index (κ1) is 14.1. The van der Waals surface area contributed by atoms with Gasteiger partial charge in [-0.1, -0.05) is 6.92 Å². The predicted octanol–water partition coefficient (Wildman–Crippen LogP) is 1.22. The van der Waals surface area contributed by atoms with Crippen LogP contribution >= 0.6 is 0 Å². The Morgan fingerprint density at radius 1 is 1.38 bits per heavy atom. The zero-order chi connectivity index (χ0) is 11.8. The van der Waals surface area contributed by atoms with Crippen molar-refractivity contribution in [1.29, 1.82) is 0 Å². The summed E-state index contributed by atoms with van der Waals surface area (Å²) in [6, 6.07) is 0.693. The van der Waals surface area contributed by atoms with Crippen LogP contribution in [0.3, 0.4) is 0 Å². The Balaban J connectivity index is 2.01. The second-order valence-corrected chi connectivity index (χ2v) is 6.26.